The molecule has 6 N–H and O–H groups in total. The van der Waals surface area contributed by atoms with Crippen molar-refractivity contribution in [1.82, 2.24) is 45.9 Å². The summed E-state index contributed by atoms with van der Waals surface area (Å²) in [4.78, 5) is 74.5. The minimum atomic E-state index is -4.64. The van der Waals surface area contributed by atoms with E-state index < -0.39 is 35.5 Å². The molecule has 0 bridgehead atoms. The van der Waals surface area contributed by atoms with Gasteiger partial charge in [0.25, 0.3) is 11.8 Å². The molecule has 2 aromatic carbocycles. The third kappa shape index (κ3) is 13.1. The van der Waals surface area contributed by atoms with Crippen molar-refractivity contribution in [3.63, 3.8) is 0 Å². The number of pyridine rings is 3. The number of carbonyl (C=O) groups excluding carboxylic acids is 3. The molecule has 87 heavy (non-hydrogen) atoms. The van der Waals surface area contributed by atoms with Gasteiger partial charge in [-0.15, -0.1) is 34.0 Å². The monoisotopic (exact) mass is 1230 g/mol. The van der Waals surface area contributed by atoms with Crippen molar-refractivity contribution < 1.29 is 27.6 Å². The topological polar surface area (TPSA) is 258 Å². The molecule has 26 heteroatoms. The quantitative estimate of drug-likeness (QED) is 0.0493. The molecule has 1 aliphatic carbocycles. The molecule has 4 aliphatic rings. The third-order valence-corrected chi connectivity index (χ3v) is 18.2. The first-order valence-electron chi connectivity index (χ1n) is 27.9. The zero-order chi connectivity index (χ0) is 60.0. The number of rotatable bonds is 16. The normalized spacial score (nSPS) is 18.0. The van der Waals surface area contributed by atoms with Crippen molar-refractivity contribution in [2.75, 3.05) is 103 Å². The maximum absolute atomic E-state index is 14.7. The Bertz CT molecular complexity index is 4030. The van der Waals surface area contributed by atoms with Gasteiger partial charge < -0.3 is 46.6 Å². The Morgan fingerprint density at radius 2 is 1.21 bits per heavy atom. The summed E-state index contributed by atoms with van der Waals surface area (Å²) in [6, 6.07) is 21.5. The van der Waals surface area contributed by atoms with E-state index in [-0.39, 0.29) is 41.9 Å². The molecule has 0 spiro atoms. The second kappa shape index (κ2) is 25.7. The second-order valence-corrected chi connectivity index (χ2v) is 23.5. The number of piperazine rings is 3. The summed E-state index contributed by atoms with van der Waals surface area (Å²) in [5, 5.41) is 45.3. The molecular formula is C61H54F3N17O3S3. The van der Waals surface area contributed by atoms with Crippen molar-refractivity contribution in [1.29, 1.82) is 10.5 Å². The van der Waals surface area contributed by atoms with Crippen LogP contribution in [0.4, 0.5) is 47.3 Å². The summed E-state index contributed by atoms with van der Waals surface area (Å²) in [5.41, 5.74) is 7.50. The summed E-state index contributed by atoms with van der Waals surface area (Å²) in [6.45, 7) is 5.89. The summed E-state index contributed by atoms with van der Waals surface area (Å²) in [7, 11) is 0. The molecule has 8 aromatic rings. The molecule has 9 heterocycles. The number of benzene rings is 2. The van der Waals surface area contributed by atoms with Crippen LogP contribution in [0.15, 0.2) is 137 Å². The number of ketones is 1. The number of allylic oxidation sites excluding steroid dienone is 3. The number of halogens is 3. The lowest BCUT2D eigenvalue weighted by Crippen LogP contribution is -2.52. The van der Waals surface area contributed by atoms with Gasteiger partial charge >= 0.3 is 6.18 Å². The lowest BCUT2D eigenvalue weighted by Gasteiger charge is -2.38. The Morgan fingerprint density at radius 3 is 1.89 bits per heavy atom. The number of carbonyl (C=O) groups is 3. The maximum Gasteiger partial charge on any atom is 0.416 e. The molecular weight excluding hydrogens is 1170 g/mol. The fourth-order valence-electron chi connectivity index (χ4n) is 11.1. The molecule has 3 aliphatic heterocycles. The number of nitrogens with one attached hydrogen (secondary N) is 6. The molecule has 0 radical (unpaired) electrons. The summed E-state index contributed by atoms with van der Waals surface area (Å²) in [5.74, 6) is -1.92. The first kappa shape index (κ1) is 58.1. The highest BCUT2D eigenvalue weighted by Gasteiger charge is 2.38. The average molecular weight is 1230 g/mol. The van der Waals surface area contributed by atoms with Crippen molar-refractivity contribution in [2.45, 2.75) is 30.6 Å². The van der Waals surface area contributed by atoms with E-state index in [1.54, 1.807) is 89.7 Å². The Hall–Kier alpha value is -9.28. The number of hydrogen-bond donors (Lipinski definition) is 6. The molecule has 6 aromatic heterocycles. The van der Waals surface area contributed by atoms with Crippen LogP contribution in [0.3, 0.4) is 0 Å². The number of nitrogens with zero attached hydrogens (tertiary/aromatic N) is 11. The van der Waals surface area contributed by atoms with Gasteiger partial charge in [0.1, 0.15) is 32.1 Å². The number of thiazole rings is 3. The number of amides is 2. The predicted molar refractivity (Wildman–Crippen MR) is 330 cm³/mol. The van der Waals surface area contributed by atoms with Crippen LogP contribution in [0, 0.1) is 22.7 Å². The standard InChI is InChI=1S/C61H54F3N17O3S3/c62-61(63,64)41-23-39(22-40(24-41)59-78-51(35-86-59)57(84)74-45-28-69-11-8-53(45)79-17-13-67-14-18-79)47-31-80(19-15-71-47)52-7-10-68-27-44(52)73-30-55(82)49-33-87-60(76-49)43-21-37(26-66)3-6-42(43)48-32-81(20-16-72-48)54-9-12-70-29-46(54)75-56(83)50-34-85-58(77-50)38-4-1-36(25-65)2-5-38/h1-12,21,23-24,27-29,33-35,40,47-48,67,71-73H,13-20,22,30-32H2,(H,74,84)(H,75,83). The largest absolute Gasteiger partial charge is 0.416 e. The van der Waals surface area contributed by atoms with Gasteiger partial charge in [0.2, 0.25) is 5.78 Å². The Kier molecular flexibility index (Phi) is 17.2. The van der Waals surface area contributed by atoms with E-state index in [2.05, 4.69) is 83.7 Å². The third-order valence-electron chi connectivity index (χ3n) is 15.4. The number of anilines is 6. The van der Waals surface area contributed by atoms with Crippen molar-refractivity contribution >= 4 is 85.7 Å². The van der Waals surface area contributed by atoms with Gasteiger partial charge in [-0.3, -0.25) is 29.3 Å². The number of alkyl halides is 3. The average Bonchev–Trinajstić information content (AvgIpc) is 3.13. The van der Waals surface area contributed by atoms with Crippen LogP contribution < -0.4 is 46.6 Å². The van der Waals surface area contributed by atoms with Crippen LogP contribution in [0.25, 0.3) is 21.1 Å². The SMILES string of the molecule is N#Cc1ccc(-c2nc(C(=O)Nc3cnccc3N3CCNC(c4ccc(C#N)cc4-c4nc(C(=O)CNc5cnccc5N5CCNC(C6=CC(C(F)(F)F)=CC(c7nc(C(=O)Nc8cnccc8N8CCNCC8)cs7)C6)C5)cs4)C3)cs2)cc1. The smallest absolute Gasteiger partial charge is 0.375 e. The van der Waals surface area contributed by atoms with E-state index in [0.717, 1.165) is 65.7 Å². The highest BCUT2D eigenvalue weighted by molar-refractivity contribution is 7.13. The van der Waals surface area contributed by atoms with Crippen molar-refractivity contribution in [3.8, 4) is 33.3 Å². The minimum absolute atomic E-state index is 0.102. The molecule has 20 nitrogen and oxygen atoms in total. The zero-order valence-electron chi connectivity index (χ0n) is 46.3. The molecule has 3 fully saturated rings. The molecule has 12 rings (SSSR count). The van der Waals surface area contributed by atoms with Gasteiger partial charge in [-0.1, -0.05) is 24.3 Å². The molecule has 440 valence electrons. The number of hydrogen-bond acceptors (Lipinski definition) is 21. The van der Waals surface area contributed by atoms with Crippen LogP contribution in [-0.4, -0.2) is 132 Å². The highest BCUT2D eigenvalue weighted by Crippen LogP contribution is 2.42. The van der Waals surface area contributed by atoms with E-state index in [9.17, 15) is 38.1 Å². The van der Waals surface area contributed by atoms with Crippen molar-refractivity contribution in [2.24, 2.45) is 0 Å². The van der Waals surface area contributed by atoms with Crippen LogP contribution >= 0.6 is 34.0 Å². The lowest BCUT2D eigenvalue weighted by atomic mass is 9.86. The maximum atomic E-state index is 14.7. The Labute approximate surface area is 509 Å². The second-order valence-electron chi connectivity index (χ2n) is 20.9. The van der Waals surface area contributed by atoms with E-state index in [0.29, 0.717) is 93.6 Å². The van der Waals surface area contributed by atoms with Gasteiger partial charge in [0.05, 0.1) is 94.1 Å². The Morgan fingerprint density at radius 1 is 0.644 bits per heavy atom. The molecule has 3 saturated heterocycles. The fourth-order valence-corrected chi connectivity index (χ4v) is 13.6. The van der Waals surface area contributed by atoms with Gasteiger partial charge in [0.15, 0.2) is 0 Å². The number of nitriles is 2. The van der Waals surface area contributed by atoms with Gasteiger partial charge in [0, 0.05) is 123 Å². The highest BCUT2D eigenvalue weighted by atomic mass is 32.1. The van der Waals surface area contributed by atoms with E-state index >= 15 is 0 Å². The van der Waals surface area contributed by atoms with Crippen LogP contribution in [0.1, 0.15) is 71.5 Å². The van der Waals surface area contributed by atoms with Crippen LogP contribution in [0.2, 0.25) is 0 Å². The van der Waals surface area contributed by atoms with Crippen LogP contribution in [-0.2, 0) is 0 Å². The first-order chi connectivity index (χ1) is 42.3. The molecule has 3 unspecified atom stereocenters. The number of Topliss-reactive ketones (excluding diaryl/α,β-unsaturated/α-hetero) is 1. The minimum Gasteiger partial charge on any atom is -0.375 e. The predicted octanol–water partition coefficient (Wildman–Crippen LogP) is 9.06. The van der Waals surface area contributed by atoms with Gasteiger partial charge in [-0.25, -0.2) is 15.0 Å². The van der Waals surface area contributed by atoms with Crippen molar-refractivity contribution in [3.05, 3.63) is 176 Å². The molecule has 0 saturated carbocycles. The first-order valence-corrected chi connectivity index (χ1v) is 30.5. The summed E-state index contributed by atoms with van der Waals surface area (Å²) >= 11 is 3.76. The van der Waals surface area contributed by atoms with E-state index in [1.807, 2.05) is 24.3 Å². The van der Waals surface area contributed by atoms with E-state index in [4.69, 9.17) is 4.98 Å². The fraction of sp³-hybridized carbons (Fsp3) is 0.262. The lowest BCUT2D eigenvalue weighted by molar-refractivity contribution is -0.0888. The van der Waals surface area contributed by atoms with Crippen LogP contribution in [0.5, 0.6) is 0 Å². The summed E-state index contributed by atoms with van der Waals surface area (Å²) < 4.78 is 44.1. The van der Waals surface area contributed by atoms with Gasteiger partial charge in [-0.2, -0.15) is 23.7 Å². The number of aromatic nitrogens is 6. The Balaban J connectivity index is 0.698. The van der Waals surface area contributed by atoms with E-state index in [1.165, 1.54) is 34.8 Å². The van der Waals surface area contributed by atoms with Gasteiger partial charge in [-0.05, 0) is 66.1 Å². The molecule has 2 amide bonds. The zero-order valence-corrected chi connectivity index (χ0v) is 48.8. The summed E-state index contributed by atoms with van der Waals surface area (Å²) in [6.07, 6.45) is 7.77. The molecule has 3 atom stereocenters.